The summed E-state index contributed by atoms with van der Waals surface area (Å²) in [6.07, 6.45) is -4.80. The van der Waals surface area contributed by atoms with Gasteiger partial charge in [0, 0.05) is 18.3 Å². The van der Waals surface area contributed by atoms with Gasteiger partial charge in [0.05, 0.1) is 22.7 Å². The van der Waals surface area contributed by atoms with Crippen LogP contribution >= 0.6 is 11.6 Å². The van der Waals surface area contributed by atoms with Crippen LogP contribution in [0.5, 0.6) is 0 Å². The topological polar surface area (TPSA) is 64.0 Å². The van der Waals surface area contributed by atoms with Gasteiger partial charge in [-0.05, 0) is 31.2 Å². The van der Waals surface area contributed by atoms with Gasteiger partial charge in [-0.1, -0.05) is 11.6 Å². The zero-order valence-electron chi connectivity index (χ0n) is 12.7. The predicted molar refractivity (Wildman–Crippen MR) is 83.0 cm³/mol. The second-order valence-corrected chi connectivity index (χ2v) is 5.57. The average Bonchev–Trinajstić information content (AvgIpc) is 2.45. The van der Waals surface area contributed by atoms with E-state index in [1.54, 1.807) is 6.92 Å². The molecule has 1 N–H and O–H groups in total. The molecule has 24 heavy (non-hydrogen) atoms. The summed E-state index contributed by atoms with van der Waals surface area (Å²) < 4.78 is 39.5. The van der Waals surface area contributed by atoms with E-state index in [1.807, 2.05) is 0 Å². The Morgan fingerprint density at radius 1 is 1.33 bits per heavy atom. The lowest BCUT2D eigenvalue weighted by Crippen LogP contribution is -2.25. The van der Waals surface area contributed by atoms with E-state index in [4.69, 9.17) is 11.6 Å². The first-order valence-electron chi connectivity index (χ1n) is 6.78. The van der Waals surface area contributed by atoms with Crippen LogP contribution in [0.3, 0.4) is 0 Å². The summed E-state index contributed by atoms with van der Waals surface area (Å²) in [5.41, 5.74) is -0.596. The summed E-state index contributed by atoms with van der Waals surface area (Å²) in [7, 11) is 1.45. The van der Waals surface area contributed by atoms with Gasteiger partial charge >= 0.3 is 6.18 Å². The highest BCUT2D eigenvalue weighted by molar-refractivity contribution is 6.31. The summed E-state index contributed by atoms with van der Waals surface area (Å²) in [5, 5.41) is 5.84. The van der Waals surface area contributed by atoms with Crippen molar-refractivity contribution >= 4 is 23.2 Å². The van der Waals surface area contributed by atoms with E-state index in [9.17, 15) is 22.8 Å². The van der Waals surface area contributed by atoms with Crippen LogP contribution in [0, 0.1) is 6.92 Å². The van der Waals surface area contributed by atoms with Crippen molar-refractivity contribution in [3.8, 4) is 0 Å². The zero-order chi connectivity index (χ0) is 18.1. The summed E-state index contributed by atoms with van der Waals surface area (Å²) in [6.45, 7) is 1.58. The van der Waals surface area contributed by atoms with Gasteiger partial charge in [0.25, 0.3) is 5.56 Å². The molecule has 1 aromatic heterocycles. The van der Waals surface area contributed by atoms with Crippen molar-refractivity contribution in [3.05, 3.63) is 56.5 Å². The number of halogens is 4. The standard InChI is InChI=1S/C15H13ClF3N3O2/c1-8-5-10(21-22(2)14(8)24)7-13(23)20-9-3-4-12(16)11(6-9)15(17,18)19/h3-6H,7H2,1-2H3,(H,20,23). The van der Waals surface area contributed by atoms with Gasteiger partial charge < -0.3 is 5.32 Å². The first kappa shape index (κ1) is 18.0. The SMILES string of the molecule is Cc1cc(CC(=O)Nc2ccc(Cl)c(C(F)(F)F)c2)nn(C)c1=O. The first-order valence-corrected chi connectivity index (χ1v) is 7.16. The minimum Gasteiger partial charge on any atom is -0.326 e. The molecular weight excluding hydrogens is 347 g/mol. The maximum atomic E-state index is 12.8. The molecule has 9 heteroatoms. The number of nitrogens with one attached hydrogen (secondary N) is 1. The summed E-state index contributed by atoms with van der Waals surface area (Å²) in [4.78, 5) is 23.5. The molecular formula is C15H13ClF3N3O2. The van der Waals surface area contributed by atoms with E-state index in [1.165, 1.54) is 19.2 Å². The molecule has 0 saturated heterocycles. The monoisotopic (exact) mass is 359 g/mol. The first-order chi connectivity index (χ1) is 11.1. The van der Waals surface area contributed by atoms with Crippen LogP contribution in [0.15, 0.2) is 29.1 Å². The third kappa shape index (κ3) is 4.14. The molecule has 128 valence electrons. The Morgan fingerprint density at radius 2 is 2.00 bits per heavy atom. The van der Waals surface area contributed by atoms with Crippen LogP contribution < -0.4 is 10.9 Å². The second-order valence-electron chi connectivity index (χ2n) is 5.16. The van der Waals surface area contributed by atoms with E-state index in [0.717, 1.165) is 16.8 Å². The molecule has 0 aliphatic heterocycles. The van der Waals surface area contributed by atoms with Crippen molar-refractivity contribution in [2.45, 2.75) is 19.5 Å². The van der Waals surface area contributed by atoms with Gasteiger partial charge in [-0.25, -0.2) is 4.68 Å². The van der Waals surface area contributed by atoms with Gasteiger partial charge in [0.2, 0.25) is 5.91 Å². The fourth-order valence-corrected chi connectivity index (χ4v) is 2.33. The van der Waals surface area contributed by atoms with Gasteiger partial charge in [0.1, 0.15) is 0 Å². The molecule has 0 saturated carbocycles. The zero-order valence-corrected chi connectivity index (χ0v) is 13.5. The lowest BCUT2D eigenvalue weighted by molar-refractivity contribution is -0.137. The van der Waals surface area contributed by atoms with Crippen molar-refractivity contribution in [2.75, 3.05) is 5.32 Å². The molecule has 0 aliphatic rings. The second kappa shape index (κ2) is 6.64. The minimum atomic E-state index is -4.62. The number of hydrogen-bond acceptors (Lipinski definition) is 3. The van der Waals surface area contributed by atoms with E-state index in [-0.39, 0.29) is 17.7 Å². The Balaban J connectivity index is 2.17. The number of benzene rings is 1. The molecule has 0 aliphatic carbocycles. The predicted octanol–water partition coefficient (Wildman–Crippen LogP) is 2.94. The van der Waals surface area contributed by atoms with E-state index in [2.05, 4.69) is 10.4 Å². The van der Waals surface area contributed by atoms with Gasteiger partial charge in [-0.2, -0.15) is 18.3 Å². The smallest absolute Gasteiger partial charge is 0.326 e. The van der Waals surface area contributed by atoms with Gasteiger partial charge in [-0.3, -0.25) is 9.59 Å². The molecule has 1 heterocycles. The maximum absolute atomic E-state index is 12.8. The molecule has 2 aromatic rings. The number of nitrogens with zero attached hydrogens (tertiary/aromatic N) is 2. The fourth-order valence-electron chi connectivity index (χ4n) is 2.11. The highest BCUT2D eigenvalue weighted by atomic mass is 35.5. The molecule has 1 amide bonds. The molecule has 0 fully saturated rings. The molecule has 2 rings (SSSR count). The molecule has 0 bridgehead atoms. The molecule has 0 unspecified atom stereocenters. The van der Waals surface area contributed by atoms with E-state index >= 15 is 0 Å². The van der Waals surface area contributed by atoms with Crippen molar-refractivity contribution in [2.24, 2.45) is 7.05 Å². The number of hydrogen-bond donors (Lipinski definition) is 1. The Hall–Kier alpha value is -2.35. The Kier molecular flexibility index (Phi) is 4.98. The molecule has 0 atom stereocenters. The van der Waals surface area contributed by atoms with Crippen molar-refractivity contribution in [1.82, 2.24) is 9.78 Å². The molecule has 1 aromatic carbocycles. The molecule has 0 radical (unpaired) electrons. The van der Waals surface area contributed by atoms with E-state index in [0.29, 0.717) is 11.3 Å². The highest BCUT2D eigenvalue weighted by Crippen LogP contribution is 2.36. The number of alkyl halides is 3. The van der Waals surface area contributed by atoms with Crippen LogP contribution in [0.25, 0.3) is 0 Å². The number of amides is 1. The normalized spacial score (nSPS) is 11.4. The largest absolute Gasteiger partial charge is 0.417 e. The third-order valence-corrected chi connectivity index (χ3v) is 3.52. The molecule has 5 nitrogen and oxygen atoms in total. The molecule has 0 spiro atoms. The van der Waals surface area contributed by atoms with Gasteiger partial charge in [0.15, 0.2) is 0 Å². The Morgan fingerprint density at radius 3 is 2.58 bits per heavy atom. The minimum absolute atomic E-state index is 0.0294. The number of carbonyl (C=O) groups is 1. The number of aryl methyl sites for hydroxylation is 2. The van der Waals surface area contributed by atoms with Crippen LogP contribution in [-0.2, 0) is 24.4 Å². The number of anilines is 1. The Labute approximate surface area is 140 Å². The van der Waals surface area contributed by atoms with Crippen molar-refractivity contribution in [1.29, 1.82) is 0 Å². The van der Waals surface area contributed by atoms with Gasteiger partial charge in [-0.15, -0.1) is 0 Å². The van der Waals surface area contributed by atoms with Crippen molar-refractivity contribution < 1.29 is 18.0 Å². The third-order valence-electron chi connectivity index (χ3n) is 3.19. The van der Waals surface area contributed by atoms with Crippen LogP contribution in [0.4, 0.5) is 18.9 Å². The van der Waals surface area contributed by atoms with Crippen LogP contribution in [-0.4, -0.2) is 15.7 Å². The number of rotatable bonds is 3. The quantitative estimate of drug-likeness (QED) is 0.916. The highest BCUT2D eigenvalue weighted by Gasteiger charge is 2.33. The summed E-state index contributed by atoms with van der Waals surface area (Å²) in [5.74, 6) is -0.559. The van der Waals surface area contributed by atoms with Crippen LogP contribution in [0.1, 0.15) is 16.8 Å². The summed E-state index contributed by atoms with van der Waals surface area (Å²) >= 11 is 5.52. The maximum Gasteiger partial charge on any atom is 0.417 e. The number of aromatic nitrogens is 2. The lowest BCUT2D eigenvalue weighted by Gasteiger charge is -2.12. The number of carbonyl (C=O) groups excluding carboxylic acids is 1. The lowest BCUT2D eigenvalue weighted by atomic mass is 10.2. The fraction of sp³-hybridized carbons (Fsp3) is 0.267. The summed E-state index contributed by atoms with van der Waals surface area (Å²) in [6, 6.07) is 4.56. The van der Waals surface area contributed by atoms with E-state index < -0.39 is 22.7 Å². The van der Waals surface area contributed by atoms with Crippen LogP contribution in [0.2, 0.25) is 5.02 Å². The Bertz CT molecular complexity index is 821. The average molecular weight is 360 g/mol. The van der Waals surface area contributed by atoms with Crippen molar-refractivity contribution in [3.63, 3.8) is 0 Å².